The van der Waals surface area contributed by atoms with E-state index in [0.717, 1.165) is 11.1 Å². The number of carboxylic acids is 1. The summed E-state index contributed by atoms with van der Waals surface area (Å²) in [7, 11) is 0. The molecule has 0 radical (unpaired) electrons. The number of hydrogen-bond donors (Lipinski definition) is 1. The van der Waals surface area contributed by atoms with Crippen molar-refractivity contribution >= 4 is 21.9 Å². The van der Waals surface area contributed by atoms with Gasteiger partial charge in [-0.1, -0.05) is 12.1 Å². The highest BCUT2D eigenvalue weighted by atomic mass is 79.9. The Morgan fingerprint density at radius 2 is 2.13 bits per heavy atom. The largest absolute Gasteiger partial charge is 0.478 e. The van der Waals surface area contributed by atoms with Crippen LogP contribution < -0.4 is 0 Å². The van der Waals surface area contributed by atoms with E-state index < -0.39 is 5.97 Å². The highest BCUT2D eigenvalue weighted by molar-refractivity contribution is 9.10. The Hall–Kier alpha value is -1.55. The lowest BCUT2D eigenvalue weighted by atomic mass is 10.1. The van der Waals surface area contributed by atoms with Gasteiger partial charge in [-0.25, -0.2) is 4.79 Å². The number of carbonyl (C=O) groups is 1. The average molecular weight is 267 g/mol. The molecule has 0 saturated carbocycles. The molecule has 1 aromatic carbocycles. The standard InChI is InChI=1S/C11H7BrO3/c12-10-8(7-4-5-15-6-7)2-1-3-9(10)11(13)14/h1-6H,(H,13,14). The van der Waals surface area contributed by atoms with Gasteiger partial charge in [0.25, 0.3) is 0 Å². The third-order valence-electron chi connectivity index (χ3n) is 2.06. The Bertz CT molecular complexity index is 489. The highest BCUT2D eigenvalue weighted by Crippen LogP contribution is 2.31. The highest BCUT2D eigenvalue weighted by Gasteiger charge is 2.12. The first-order valence-corrected chi connectivity index (χ1v) is 5.04. The Kier molecular flexibility index (Phi) is 2.60. The van der Waals surface area contributed by atoms with E-state index in [2.05, 4.69) is 15.9 Å². The van der Waals surface area contributed by atoms with E-state index in [1.807, 2.05) is 6.07 Å². The molecular weight excluding hydrogens is 260 g/mol. The fourth-order valence-electron chi connectivity index (χ4n) is 1.34. The van der Waals surface area contributed by atoms with Crippen molar-refractivity contribution in [3.05, 3.63) is 46.8 Å². The summed E-state index contributed by atoms with van der Waals surface area (Å²) < 4.78 is 5.52. The van der Waals surface area contributed by atoms with Gasteiger partial charge in [0, 0.05) is 10.0 Å². The molecule has 15 heavy (non-hydrogen) atoms. The second kappa shape index (κ2) is 3.90. The number of rotatable bonds is 2. The van der Waals surface area contributed by atoms with E-state index in [9.17, 15) is 4.79 Å². The van der Waals surface area contributed by atoms with E-state index in [0.29, 0.717) is 4.47 Å². The van der Waals surface area contributed by atoms with Crippen molar-refractivity contribution in [1.82, 2.24) is 0 Å². The van der Waals surface area contributed by atoms with Gasteiger partial charge in [-0.3, -0.25) is 0 Å². The normalized spacial score (nSPS) is 10.2. The van der Waals surface area contributed by atoms with E-state index >= 15 is 0 Å². The van der Waals surface area contributed by atoms with Gasteiger partial charge < -0.3 is 9.52 Å². The fraction of sp³-hybridized carbons (Fsp3) is 0. The topological polar surface area (TPSA) is 50.4 Å². The van der Waals surface area contributed by atoms with Crippen LogP contribution in [0.4, 0.5) is 0 Å². The van der Waals surface area contributed by atoms with Crippen LogP contribution in [0.25, 0.3) is 11.1 Å². The Morgan fingerprint density at radius 1 is 1.33 bits per heavy atom. The SMILES string of the molecule is O=C(O)c1cccc(-c2ccoc2)c1Br. The summed E-state index contributed by atoms with van der Waals surface area (Å²) in [6, 6.07) is 6.87. The van der Waals surface area contributed by atoms with Gasteiger partial charge in [-0.2, -0.15) is 0 Å². The molecule has 1 aromatic heterocycles. The number of hydrogen-bond acceptors (Lipinski definition) is 2. The molecule has 2 rings (SSSR count). The minimum atomic E-state index is -0.952. The molecule has 0 aliphatic rings. The lowest BCUT2D eigenvalue weighted by Crippen LogP contribution is -1.98. The molecule has 0 bridgehead atoms. The van der Waals surface area contributed by atoms with Crippen LogP contribution in [0.3, 0.4) is 0 Å². The predicted octanol–water partition coefficient (Wildman–Crippen LogP) is 3.41. The molecule has 0 aliphatic carbocycles. The van der Waals surface area contributed by atoms with Crippen LogP contribution in [0, 0.1) is 0 Å². The minimum Gasteiger partial charge on any atom is -0.478 e. The van der Waals surface area contributed by atoms with Crippen LogP contribution in [-0.4, -0.2) is 11.1 Å². The first-order chi connectivity index (χ1) is 7.20. The van der Waals surface area contributed by atoms with E-state index in [1.54, 1.807) is 30.7 Å². The first-order valence-electron chi connectivity index (χ1n) is 4.24. The second-order valence-electron chi connectivity index (χ2n) is 2.98. The van der Waals surface area contributed by atoms with E-state index in [-0.39, 0.29) is 5.56 Å². The van der Waals surface area contributed by atoms with Crippen molar-refractivity contribution in [3.8, 4) is 11.1 Å². The van der Waals surface area contributed by atoms with Crippen molar-refractivity contribution in [2.45, 2.75) is 0 Å². The molecule has 1 N–H and O–H groups in total. The summed E-state index contributed by atoms with van der Waals surface area (Å²) in [5.74, 6) is -0.952. The molecule has 0 unspecified atom stereocenters. The van der Waals surface area contributed by atoms with Crippen LogP contribution in [-0.2, 0) is 0 Å². The minimum absolute atomic E-state index is 0.244. The molecule has 3 nitrogen and oxygen atoms in total. The molecule has 2 aromatic rings. The second-order valence-corrected chi connectivity index (χ2v) is 3.78. The van der Waals surface area contributed by atoms with Crippen LogP contribution in [0.5, 0.6) is 0 Å². The number of aromatic carboxylic acids is 1. The molecule has 0 saturated heterocycles. The van der Waals surface area contributed by atoms with Crippen LogP contribution in [0.1, 0.15) is 10.4 Å². The molecule has 76 valence electrons. The maximum atomic E-state index is 10.9. The lowest BCUT2D eigenvalue weighted by molar-refractivity contribution is 0.0696. The van der Waals surface area contributed by atoms with Gasteiger partial charge in [-0.05, 0) is 33.6 Å². The van der Waals surface area contributed by atoms with E-state index in [4.69, 9.17) is 9.52 Å². The third-order valence-corrected chi connectivity index (χ3v) is 2.92. The monoisotopic (exact) mass is 266 g/mol. The molecule has 0 fully saturated rings. The Morgan fingerprint density at radius 3 is 2.73 bits per heavy atom. The summed E-state index contributed by atoms with van der Waals surface area (Å²) in [6.45, 7) is 0. The van der Waals surface area contributed by atoms with Crippen molar-refractivity contribution in [1.29, 1.82) is 0 Å². The summed E-state index contributed by atoms with van der Waals surface area (Å²) >= 11 is 3.28. The van der Waals surface area contributed by atoms with Gasteiger partial charge in [0.2, 0.25) is 0 Å². The van der Waals surface area contributed by atoms with E-state index in [1.165, 1.54) is 0 Å². The number of furan rings is 1. The Balaban J connectivity index is 2.59. The van der Waals surface area contributed by atoms with Crippen molar-refractivity contribution in [3.63, 3.8) is 0 Å². The van der Waals surface area contributed by atoms with Gasteiger partial charge in [0.15, 0.2) is 0 Å². The molecule has 0 spiro atoms. The quantitative estimate of drug-likeness (QED) is 0.907. The molecule has 4 heteroatoms. The lowest BCUT2D eigenvalue weighted by Gasteiger charge is -2.04. The molecule has 0 aliphatic heterocycles. The number of halogens is 1. The van der Waals surface area contributed by atoms with Gasteiger partial charge in [0.05, 0.1) is 18.1 Å². The maximum absolute atomic E-state index is 10.9. The van der Waals surface area contributed by atoms with Crippen molar-refractivity contribution in [2.75, 3.05) is 0 Å². The summed E-state index contributed by atoms with van der Waals surface area (Å²) in [5.41, 5.74) is 1.90. The third kappa shape index (κ3) is 1.80. The van der Waals surface area contributed by atoms with Crippen LogP contribution in [0.2, 0.25) is 0 Å². The summed E-state index contributed by atoms with van der Waals surface area (Å²) in [4.78, 5) is 10.9. The molecule has 0 atom stereocenters. The zero-order valence-corrected chi connectivity index (χ0v) is 9.19. The van der Waals surface area contributed by atoms with Gasteiger partial charge >= 0.3 is 5.97 Å². The smallest absolute Gasteiger partial charge is 0.336 e. The fourth-order valence-corrected chi connectivity index (χ4v) is 2.00. The van der Waals surface area contributed by atoms with Gasteiger partial charge in [-0.15, -0.1) is 0 Å². The van der Waals surface area contributed by atoms with Gasteiger partial charge in [0.1, 0.15) is 0 Å². The first kappa shape index (κ1) is 9.98. The maximum Gasteiger partial charge on any atom is 0.336 e. The van der Waals surface area contributed by atoms with Crippen molar-refractivity contribution < 1.29 is 14.3 Å². The summed E-state index contributed by atoms with van der Waals surface area (Å²) in [5, 5.41) is 8.93. The number of benzene rings is 1. The zero-order chi connectivity index (χ0) is 10.8. The number of carboxylic acid groups (broad SMARTS) is 1. The predicted molar refractivity (Wildman–Crippen MR) is 58.8 cm³/mol. The van der Waals surface area contributed by atoms with Crippen molar-refractivity contribution in [2.24, 2.45) is 0 Å². The van der Waals surface area contributed by atoms with Crippen LogP contribution >= 0.6 is 15.9 Å². The molecular formula is C11H7BrO3. The molecule has 0 amide bonds. The zero-order valence-electron chi connectivity index (χ0n) is 7.61. The summed E-state index contributed by atoms with van der Waals surface area (Å²) in [6.07, 6.45) is 3.13. The average Bonchev–Trinajstić information content (AvgIpc) is 2.70. The Labute approximate surface area is 94.5 Å². The van der Waals surface area contributed by atoms with Crippen LogP contribution in [0.15, 0.2) is 45.7 Å². The molecule has 1 heterocycles.